The topological polar surface area (TPSA) is 51.7 Å². The molecule has 5 nitrogen and oxygen atoms in total. The number of thiazole rings is 1. The normalized spacial score (nSPS) is 15.2. The lowest BCUT2D eigenvalue weighted by atomic mass is 10.2. The molecule has 0 spiro atoms. The molecule has 1 aliphatic heterocycles. The van der Waals surface area contributed by atoms with E-state index >= 15 is 0 Å². The van der Waals surface area contributed by atoms with Gasteiger partial charge in [0, 0.05) is 0 Å². The van der Waals surface area contributed by atoms with E-state index < -0.39 is 6.10 Å². The maximum Gasteiger partial charge on any atom is 0.273 e. The van der Waals surface area contributed by atoms with Gasteiger partial charge in [0.15, 0.2) is 16.6 Å². The zero-order valence-corrected chi connectivity index (χ0v) is 17.4. The highest BCUT2D eigenvalue weighted by molar-refractivity contribution is 7.22. The number of aromatic nitrogens is 1. The molecule has 0 bridgehead atoms. The highest BCUT2D eigenvalue weighted by Crippen LogP contribution is 2.35. The van der Waals surface area contributed by atoms with Gasteiger partial charge in [-0.1, -0.05) is 71.5 Å². The highest BCUT2D eigenvalue weighted by atomic mass is 35.5. The average Bonchev–Trinajstić information content (AvgIpc) is 3.23. The van der Waals surface area contributed by atoms with Crippen molar-refractivity contribution < 1.29 is 14.3 Å². The molecule has 4 aromatic rings. The molecule has 1 aliphatic rings. The Bertz CT molecular complexity index is 1210. The number of hydrogen-bond donors (Lipinski definition) is 0. The second-order valence-electron chi connectivity index (χ2n) is 6.86. The molecule has 150 valence electrons. The first-order chi connectivity index (χ1) is 14.7. The zero-order valence-electron chi connectivity index (χ0n) is 15.8. The van der Waals surface area contributed by atoms with Crippen molar-refractivity contribution in [2.45, 2.75) is 12.6 Å². The minimum absolute atomic E-state index is 0.146. The summed E-state index contributed by atoms with van der Waals surface area (Å²) in [5.74, 6) is 1.00. The molecular formula is C23H17ClN2O3S. The number of rotatable bonds is 4. The summed E-state index contributed by atoms with van der Waals surface area (Å²) in [6.07, 6.45) is -0.758. The number of halogens is 1. The van der Waals surface area contributed by atoms with Gasteiger partial charge in [-0.15, -0.1) is 0 Å². The van der Waals surface area contributed by atoms with Crippen molar-refractivity contribution in [3.63, 3.8) is 0 Å². The van der Waals surface area contributed by atoms with Crippen LogP contribution in [-0.4, -0.2) is 23.6 Å². The van der Waals surface area contributed by atoms with E-state index in [0.29, 0.717) is 33.7 Å². The summed E-state index contributed by atoms with van der Waals surface area (Å²) in [7, 11) is 0. The molecule has 1 aromatic heterocycles. The van der Waals surface area contributed by atoms with Crippen LogP contribution in [0, 0.1) is 0 Å². The number of fused-ring (bicyclic) bond motifs is 2. The van der Waals surface area contributed by atoms with Crippen LogP contribution < -0.4 is 14.4 Å². The van der Waals surface area contributed by atoms with Crippen molar-refractivity contribution in [3.8, 4) is 11.5 Å². The first-order valence-electron chi connectivity index (χ1n) is 9.48. The van der Waals surface area contributed by atoms with Gasteiger partial charge in [-0.3, -0.25) is 9.69 Å². The molecule has 0 saturated carbocycles. The maximum absolute atomic E-state index is 13.5. The van der Waals surface area contributed by atoms with Crippen molar-refractivity contribution in [2.75, 3.05) is 11.5 Å². The Kier molecular flexibility index (Phi) is 5.02. The molecule has 5 rings (SSSR count). The van der Waals surface area contributed by atoms with Crippen LogP contribution in [0.3, 0.4) is 0 Å². The monoisotopic (exact) mass is 436 g/mol. The smallest absolute Gasteiger partial charge is 0.273 e. The summed E-state index contributed by atoms with van der Waals surface area (Å²) in [6.45, 7) is 0.519. The standard InChI is InChI=1S/C23H17ClN2O3S/c24-16-9-6-12-20-21(16)25-23(30-20)26(13-15-7-2-1-3-8-15)22(27)19-14-28-17-10-4-5-11-18(17)29-19/h1-12,19H,13-14H2. The van der Waals surface area contributed by atoms with Gasteiger partial charge < -0.3 is 9.47 Å². The molecule has 0 aliphatic carbocycles. The van der Waals surface area contributed by atoms with Crippen molar-refractivity contribution >= 4 is 44.2 Å². The Hall–Kier alpha value is -3.09. The lowest BCUT2D eigenvalue weighted by Crippen LogP contribution is -2.46. The predicted molar refractivity (Wildman–Crippen MR) is 119 cm³/mol. The predicted octanol–water partition coefficient (Wildman–Crippen LogP) is 5.32. The fraction of sp³-hybridized carbons (Fsp3) is 0.130. The Morgan fingerprint density at radius 1 is 1.03 bits per heavy atom. The number of benzene rings is 3. The number of hydrogen-bond acceptors (Lipinski definition) is 5. The van der Waals surface area contributed by atoms with Crippen LogP contribution in [0.5, 0.6) is 11.5 Å². The minimum Gasteiger partial charge on any atom is -0.485 e. The molecule has 0 fully saturated rings. The number of carbonyl (C=O) groups excluding carboxylic acids is 1. The minimum atomic E-state index is -0.758. The van der Waals surface area contributed by atoms with Gasteiger partial charge in [0.1, 0.15) is 12.1 Å². The zero-order chi connectivity index (χ0) is 20.5. The van der Waals surface area contributed by atoms with E-state index in [1.54, 1.807) is 17.0 Å². The molecule has 7 heteroatoms. The molecule has 3 aromatic carbocycles. The van der Waals surface area contributed by atoms with Gasteiger partial charge in [0.25, 0.3) is 5.91 Å². The van der Waals surface area contributed by atoms with Crippen molar-refractivity contribution in [3.05, 3.63) is 83.4 Å². The van der Waals surface area contributed by atoms with Gasteiger partial charge in [-0.2, -0.15) is 0 Å². The van der Waals surface area contributed by atoms with Gasteiger partial charge in [0.2, 0.25) is 6.10 Å². The van der Waals surface area contributed by atoms with Gasteiger partial charge in [-0.05, 0) is 29.8 Å². The van der Waals surface area contributed by atoms with Crippen LogP contribution in [0.2, 0.25) is 5.02 Å². The Morgan fingerprint density at radius 2 is 1.80 bits per heavy atom. The molecule has 1 atom stereocenters. The number of carbonyl (C=O) groups is 1. The van der Waals surface area contributed by atoms with E-state index in [4.69, 9.17) is 21.1 Å². The second-order valence-corrected chi connectivity index (χ2v) is 8.27. The lowest BCUT2D eigenvalue weighted by Gasteiger charge is -2.29. The average molecular weight is 437 g/mol. The van der Waals surface area contributed by atoms with Gasteiger partial charge in [-0.25, -0.2) is 4.98 Å². The Labute approximate surface area is 182 Å². The molecule has 0 radical (unpaired) electrons. The van der Waals surface area contributed by atoms with Gasteiger partial charge in [0.05, 0.1) is 16.3 Å². The third kappa shape index (κ3) is 3.60. The van der Waals surface area contributed by atoms with Crippen molar-refractivity contribution in [1.29, 1.82) is 0 Å². The number of ether oxygens (including phenoxy) is 2. The van der Waals surface area contributed by atoms with E-state index in [9.17, 15) is 4.79 Å². The second kappa shape index (κ2) is 7.97. The van der Waals surface area contributed by atoms with E-state index in [2.05, 4.69) is 4.98 Å². The maximum atomic E-state index is 13.5. The molecule has 30 heavy (non-hydrogen) atoms. The van der Waals surface area contributed by atoms with E-state index in [-0.39, 0.29) is 12.5 Å². The Balaban J connectivity index is 1.50. The molecule has 1 amide bonds. The quantitative estimate of drug-likeness (QED) is 0.434. The SMILES string of the molecule is O=C(C1COc2ccccc2O1)N(Cc1ccccc1)c1nc2c(Cl)cccc2s1. The van der Waals surface area contributed by atoms with E-state index in [1.165, 1.54) is 11.3 Å². The molecular weight excluding hydrogens is 420 g/mol. The van der Waals surface area contributed by atoms with Crippen LogP contribution in [-0.2, 0) is 11.3 Å². The first kappa shape index (κ1) is 18.9. The molecule has 0 N–H and O–H groups in total. The van der Waals surface area contributed by atoms with E-state index in [1.807, 2.05) is 60.7 Å². The van der Waals surface area contributed by atoms with Crippen molar-refractivity contribution in [2.24, 2.45) is 0 Å². The van der Waals surface area contributed by atoms with Crippen molar-refractivity contribution in [1.82, 2.24) is 4.98 Å². The summed E-state index contributed by atoms with van der Waals surface area (Å²) in [5.41, 5.74) is 1.68. The Morgan fingerprint density at radius 3 is 2.60 bits per heavy atom. The molecule has 1 unspecified atom stereocenters. The summed E-state index contributed by atoms with van der Waals surface area (Å²) in [6, 6.07) is 22.8. The van der Waals surface area contributed by atoms with E-state index in [0.717, 1.165) is 10.3 Å². The lowest BCUT2D eigenvalue weighted by molar-refractivity contribution is -0.127. The third-order valence-corrected chi connectivity index (χ3v) is 6.17. The number of anilines is 1. The van der Waals surface area contributed by atoms with Crippen LogP contribution in [0.25, 0.3) is 10.2 Å². The first-order valence-corrected chi connectivity index (χ1v) is 10.7. The fourth-order valence-corrected chi connectivity index (χ4v) is 4.61. The molecule has 2 heterocycles. The summed E-state index contributed by atoms with van der Waals surface area (Å²) in [4.78, 5) is 19.8. The summed E-state index contributed by atoms with van der Waals surface area (Å²) < 4.78 is 12.7. The largest absolute Gasteiger partial charge is 0.485 e. The van der Waals surface area contributed by atoms with Crippen LogP contribution >= 0.6 is 22.9 Å². The van der Waals surface area contributed by atoms with Crippen LogP contribution in [0.15, 0.2) is 72.8 Å². The van der Waals surface area contributed by atoms with Gasteiger partial charge >= 0.3 is 0 Å². The van der Waals surface area contributed by atoms with Crippen LogP contribution in [0.1, 0.15) is 5.56 Å². The summed E-state index contributed by atoms with van der Waals surface area (Å²) in [5, 5.41) is 1.14. The number of para-hydroxylation sites is 3. The van der Waals surface area contributed by atoms with Crippen LogP contribution in [0.4, 0.5) is 5.13 Å². The summed E-state index contributed by atoms with van der Waals surface area (Å²) >= 11 is 7.75. The number of nitrogens with zero attached hydrogens (tertiary/aromatic N) is 2. The highest BCUT2D eigenvalue weighted by Gasteiger charge is 2.33. The number of amides is 1. The molecule has 0 saturated heterocycles. The fourth-order valence-electron chi connectivity index (χ4n) is 3.34. The third-order valence-electron chi connectivity index (χ3n) is 4.82.